The lowest BCUT2D eigenvalue weighted by molar-refractivity contribution is -0.120. The minimum absolute atomic E-state index is 0.0535. The number of nitrogens with zero attached hydrogens (tertiary/aromatic N) is 1. The van der Waals surface area contributed by atoms with Gasteiger partial charge >= 0.3 is 5.97 Å². The number of rotatable bonds is 9. The molecule has 0 saturated heterocycles. The molecule has 0 spiro atoms. The zero-order chi connectivity index (χ0) is 24.0. The Hall–Kier alpha value is -3.80. The van der Waals surface area contributed by atoms with Crippen molar-refractivity contribution in [1.82, 2.24) is 0 Å². The summed E-state index contributed by atoms with van der Waals surface area (Å²) in [6.45, 7) is 6.09. The number of aryl methyl sites for hydroxylation is 1. The fourth-order valence-electron chi connectivity index (χ4n) is 3.57. The number of carbonyl (C=O) groups is 2. The normalized spacial score (nSPS) is 10.7. The summed E-state index contributed by atoms with van der Waals surface area (Å²) in [7, 11) is 1.59. The van der Waals surface area contributed by atoms with Crippen LogP contribution < -0.4 is 14.4 Å². The molecule has 0 saturated carbocycles. The highest BCUT2D eigenvalue weighted by Crippen LogP contribution is 2.28. The SMILES string of the molecule is COc1ccc(CN(C(=O)COc2cc(C)ccc2C(C)C)c2ccccc2C(=O)O)cc1. The molecular weight excluding hydrogens is 418 g/mol. The van der Waals surface area contributed by atoms with Crippen molar-refractivity contribution >= 4 is 17.6 Å². The summed E-state index contributed by atoms with van der Waals surface area (Å²) in [6, 6.07) is 19.7. The molecule has 1 amide bonds. The molecule has 0 aliphatic heterocycles. The highest BCUT2D eigenvalue weighted by atomic mass is 16.5. The van der Waals surface area contributed by atoms with Gasteiger partial charge in [0.1, 0.15) is 11.5 Å². The number of hydrogen-bond acceptors (Lipinski definition) is 4. The number of carboxylic acids is 1. The first-order chi connectivity index (χ1) is 15.8. The van der Waals surface area contributed by atoms with Gasteiger partial charge in [-0.3, -0.25) is 4.79 Å². The van der Waals surface area contributed by atoms with Crippen LogP contribution in [0.25, 0.3) is 0 Å². The predicted octanol–water partition coefficient (Wildman–Crippen LogP) is 5.44. The predicted molar refractivity (Wildman–Crippen MR) is 128 cm³/mol. The third-order valence-electron chi connectivity index (χ3n) is 5.37. The molecule has 172 valence electrons. The van der Waals surface area contributed by atoms with E-state index >= 15 is 0 Å². The molecule has 0 aromatic heterocycles. The maximum atomic E-state index is 13.4. The van der Waals surface area contributed by atoms with Gasteiger partial charge in [-0.2, -0.15) is 0 Å². The van der Waals surface area contributed by atoms with Crippen molar-refractivity contribution in [3.8, 4) is 11.5 Å². The quantitative estimate of drug-likeness (QED) is 0.473. The number of ether oxygens (including phenoxy) is 2. The Kier molecular flexibility index (Phi) is 7.72. The van der Waals surface area contributed by atoms with Crippen LogP contribution in [-0.2, 0) is 11.3 Å². The highest BCUT2D eigenvalue weighted by Gasteiger charge is 2.23. The lowest BCUT2D eigenvalue weighted by atomic mass is 10.0. The van der Waals surface area contributed by atoms with Crippen molar-refractivity contribution in [2.24, 2.45) is 0 Å². The molecule has 6 nitrogen and oxygen atoms in total. The average Bonchev–Trinajstić information content (AvgIpc) is 2.81. The van der Waals surface area contributed by atoms with Crippen LogP contribution in [0.15, 0.2) is 66.7 Å². The smallest absolute Gasteiger partial charge is 0.337 e. The summed E-state index contributed by atoms with van der Waals surface area (Å²) in [6.07, 6.45) is 0. The summed E-state index contributed by atoms with van der Waals surface area (Å²) in [5, 5.41) is 9.68. The Bertz CT molecular complexity index is 1120. The van der Waals surface area contributed by atoms with Crippen molar-refractivity contribution in [1.29, 1.82) is 0 Å². The van der Waals surface area contributed by atoms with Crippen molar-refractivity contribution in [3.63, 3.8) is 0 Å². The Morgan fingerprint density at radius 1 is 1.00 bits per heavy atom. The number of anilines is 1. The average molecular weight is 448 g/mol. The zero-order valence-corrected chi connectivity index (χ0v) is 19.4. The van der Waals surface area contributed by atoms with Gasteiger partial charge in [-0.25, -0.2) is 4.79 Å². The number of para-hydroxylation sites is 1. The molecule has 0 fully saturated rings. The maximum absolute atomic E-state index is 13.4. The number of aromatic carboxylic acids is 1. The second-order valence-electron chi connectivity index (χ2n) is 8.13. The summed E-state index contributed by atoms with van der Waals surface area (Å²) in [4.78, 5) is 26.7. The monoisotopic (exact) mass is 447 g/mol. The lowest BCUT2D eigenvalue weighted by Gasteiger charge is -2.25. The van der Waals surface area contributed by atoms with Crippen LogP contribution in [0.2, 0.25) is 0 Å². The van der Waals surface area contributed by atoms with E-state index in [0.717, 1.165) is 16.7 Å². The number of carbonyl (C=O) groups excluding carboxylic acids is 1. The fourth-order valence-corrected chi connectivity index (χ4v) is 3.57. The molecule has 6 heteroatoms. The van der Waals surface area contributed by atoms with E-state index in [1.54, 1.807) is 37.4 Å². The second-order valence-corrected chi connectivity index (χ2v) is 8.13. The minimum atomic E-state index is -1.10. The molecule has 3 rings (SSSR count). The van der Waals surface area contributed by atoms with Gasteiger partial charge in [0, 0.05) is 0 Å². The largest absolute Gasteiger partial charge is 0.497 e. The van der Waals surface area contributed by atoms with Gasteiger partial charge in [-0.1, -0.05) is 50.2 Å². The number of amides is 1. The molecule has 0 unspecified atom stereocenters. The highest BCUT2D eigenvalue weighted by molar-refractivity contribution is 6.02. The maximum Gasteiger partial charge on any atom is 0.337 e. The Labute approximate surface area is 194 Å². The Morgan fingerprint density at radius 2 is 1.70 bits per heavy atom. The second kappa shape index (κ2) is 10.7. The molecule has 0 aliphatic rings. The molecule has 0 heterocycles. The van der Waals surface area contributed by atoms with Crippen LogP contribution in [0.3, 0.4) is 0 Å². The number of methoxy groups -OCH3 is 1. The minimum Gasteiger partial charge on any atom is -0.497 e. The molecule has 0 aliphatic carbocycles. The van der Waals surface area contributed by atoms with Crippen LogP contribution in [0.1, 0.15) is 46.8 Å². The topological polar surface area (TPSA) is 76.1 Å². The molecule has 0 bridgehead atoms. The Morgan fingerprint density at radius 3 is 2.33 bits per heavy atom. The van der Waals surface area contributed by atoms with Gasteiger partial charge < -0.3 is 19.5 Å². The standard InChI is InChI=1S/C27H29NO5/c1-18(2)22-14-9-19(3)15-25(22)33-17-26(29)28(16-20-10-12-21(32-4)13-11-20)24-8-6-5-7-23(24)27(30)31/h5-15,18H,16-17H2,1-4H3,(H,30,31). The summed E-state index contributed by atoms with van der Waals surface area (Å²) < 4.78 is 11.2. The van der Waals surface area contributed by atoms with E-state index < -0.39 is 5.97 Å². The van der Waals surface area contributed by atoms with E-state index in [1.165, 1.54) is 11.0 Å². The molecule has 33 heavy (non-hydrogen) atoms. The van der Waals surface area contributed by atoms with E-state index in [-0.39, 0.29) is 30.5 Å². The van der Waals surface area contributed by atoms with E-state index in [4.69, 9.17) is 9.47 Å². The van der Waals surface area contributed by atoms with Crippen molar-refractivity contribution in [2.75, 3.05) is 18.6 Å². The van der Waals surface area contributed by atoms with Gasteiger partial charge in [-0.05, 0) is 59.9 Å². The van der Waals surface area contributed by atoms with Gasteiger partial charge in [0.05, 0.1) is 24.9 Å². The van der Waals surface area contributed by atoms with Crippen LogP contribution in [-0.4, -0.2) is 30.7 Å². The van der Waals surface area contributed by atoms with Crippen molar-refractivity contribution < 1.29 is 24.2 Å². The molecular formula is C27H29NO5. The zero-order valence-electron chi connectivity index (χ0n) is 19.4. The van der Waals surface area contributed by atoms with E-state index in [1.807, 2.05) is 37.3 Å². The van der Waals surface area contributed by atoms with Crippen molar-refractivity contribution in [2.45, 2.75) is 33.2 Å². The lowest BCUT2D eigenvalue weighted by Crippen LogP contribution is -2.35. The van der Waals surface area contributed by atoms with Gasteiger partial charge in [-0.15, -0.1) is 0 Å². The first kappa shape index (κ1) is 23.9. The van der Waals surface area contributed by atoms with Crippen LogP contribution in [0.4, 0.5) is 5.69 Å². The number of benzene rings is 3. The first-order valence-corrected chi connectivity index (χ1v) is 10.8. The van der Waals surface area contributed by atoms with E-state index in [9.17, 15) is 14.7 Å². The van der Waals surface area contributed by atoms with E-state index in [0.29, 0.717) is 17.2 Å². The van der Waals surface area contributed by atoms with Crippen molar-refractivity contribution in [3.05, 3.63) is 89.0 Å². The van der Waals surface area contributed by atoms with Crippen LogP contribution >= 0.6 is 0 Å². The van der Waals surface area contributed by atoms with Crippen LogP contribution in [0.5, 0.6) is 11.5 Å². The molecule has 0 radical (unpaired) electrons. The molecule has 3 aromatic carbocycles. The van der Waals surface area contributed by atoms with E-state index in [2.05, 4.69) is 13.8 Å². The molecule has 0 atom stereocenters. The molecule has 3 aromatic rings. The summed E-state index contributed by atoms with van der Waals surface area (Å²) >= 11 is 0. The van der Waals surface area contributed by atoms with Gasteiger partial charge in [0.15, 0.2) is 6.61 Å². The summed E-state index contributed by atoms with van der Waals surface area (Å²) in [5.41, 5.74) is 3.26. The third-order valence-corrected chi connectivity index (χ3v) is 5.37. The molecule has 1 N–H and O–H groups in total. The first-order valence-electron chi connectivity index (χ1n) is 10.8. The van der Waals surface area contributed by atoms with Gasteiger partial charge in [0.2, 0.25) is 0 Å². The third kappa shape index (κ3) is 5.92. The summed E-state index contributed by atoms with van der Waals surface area (Å²) in [5.74, 6) is 0.162. The fraction of sp³-hybridized carbons (Fsp3) is 0.259. The Balaban J connectivity index is 1.91. The number of carboxylic acid groups (broad SMARTS) is 1. The van der Waals surface area contributed by atoms with Gasteiger partial charge in [0.25, 0.3) is 5.91 Å². The number of hydrogen-bond donors (Lipinski definition) is 1. The van der Waals surface area contributed by atoms with Crippen LogP contribution in [0, 0.1) is 6.92 Å².